The zero-order valence-corrected chi connectivity index (χ0v) is 47.8. The first-order valence-corrected chi connectivity index (χ1v) is 28.4. The van der Waals surface area contributed by atoms with E-state index in [4.69, 9.17) is 0 Å². The lowest BCUT2D eigenvalue weighted by Gasteiger charge is -2.46. The molecule has 0 spiro atoms. The highest BCUT2D eigenvalue weighted by atomic mass is 15.2. The summed E-state index contributed by atoms with van der Waals surface area (Å²) >= 11 is 0. The van der Waals surface area contributed by atoms with Crippen molar-refractivity contribution in [1.29, 1.82) is 0 Å². The molecule has 3 nitrogen and oxygen atoms in total. The summed E-state index contributed by atoms with van der Waals surface area (Å²) < 4.78 is 2.52. The van der Waals surface area contributed by atoms with Crippen LogP contribution in [0.4, 0.5) is 34.1 Å². The number of hydrogen-bond donors (Lipinski definition) is 0. The average Bonchev–Trinajstić information content (AvgIpc) is 2.91. The van der Waals surface area contributed by atoms with Gasteiger partial charge in [0.2, 0.25) is 0 Å². The van der Waals surface area contributed by atoms with E-state index in [0.29, 0.717) is 0 Å². The number of hydrogen-bond acceptors (Lipinski definition) is 2. The van der Waals surface area contributed by atoms with Crippen molar-refractivity contribution < 1.29 is 0 Å². The van der Waals surface area contributed by atoms with Crippen molar-refractivity contribution in [3.8, 4) is 27.9 Å². The molecule has 0 atom stereocenters. The Morgan fingerprint density at radius 2 is 0.722 bits per heavy atom. The van der Waals surface area contributed by atoms with Crippen LogP contribution in [0.1, 0.15) is 104 Å². The van der Waals surface area contributed by atoms with Gasteiger partial charge >= 0.3 is 0 Å². The third-order valence-electron chi connectivity index (χ3n) is 17.4. The third-order valence-corrected chi connectivity index (χ3v) is 17.4. The minimum Gasteiger partial charge on any atom is -0.311 e. The SMILES string of the molecule is CC(C)(C)c1ccc2c(c1)B1c3ccc(C(C)(C)c4ccccc4)cc3N(c3ccc(C(C)(C)C)cc3-c3ccccc3)c3cc(-n4c5ccccc5c5ccccc54)cc(c31)N2c1ccc(C(C)(C)C)cc1-c1ccccc1. The van der Waals surface area contributed by atoms with Crippen LogP contribution in [0.3, 0.4) is 0 Å². The Bertz CT molecular complexity index is 4110. The van der Waals surface area contributed by atoms with Gasteiger partial charge in [-0.25, -0.2) is 0 Å². The minimum absolute atomic E-state index is 0.0681. The fourth-order valence-electron chi connectivity index (χ4n) is 12.8. The summed E-state index contributed by atoms with van der Waals surface area (Å²) in [4.78, 5) is 5.30. The largest absolute Gasteiger partial charge is 0.311 e. The number of para-hydroxylation sites is 2. The summed E-state index contributed by atoms with van der Waals surface area (Å²) in [5.41, 5.74) is 25.1. The van der Waals surface area contributed by atoms with Crippen molar-refractivity contribution in [1.82, 2.24) is 4.57 Å². The molecule has 0 amide bonds. The topological polar surface area (TPSA) is 11.4 Å². The molecule has 2 aliphatic rings. The zero-order valence-electron chi connectivity index (χ0n) is 47.8. The first kappa shape index (κ1) is 50.2. The van der Waals surface area contributed by atoms with Gasteiger partial charge in [-0.15, -0.1) is 0 Å². The molecule has 0 radical (unpaired) electrons. The van der Waals surface area contributed by atoms with Gasteiger partial charge in [0.1, 0.15) is 0 Å². The van der Waals surface area contributed by atoms with Gasteiger partial charge in [-0.2, -0.15) is 0 Å². The van der Waals surface area contributed by atoms with Crippen molar-refractivity contribution in [2.24, 2.45) is 0 Å². The van der Waals surface area contributed by atoms with Crippen molar-refractivity contribution in [3.05, 3.63) is 252 Å². The molecule has 0 saturated heterocycles. The second-order valence-corrected chi connectivity index (χ2v) is 25.9. The molecule has 11 aromatic rings. The maximum atomic E-state index is 2.67. The van der Waals surface area contributed by atoms with Gasteiger partial charge in [0, 0.05) is 50.1 Å². The molecule has 13 rings (SSSR count). The normalized spacial score (nSPS) is 13.4. The molecule has 0 unspecified atom stereocenters. The standard InChI is InChI=1S/C75H70BN3/c1-72(2,3)52-36-40-65(59(43-52)49-25-15-12-16-26-49)78-67-42-38-54(74(7,8)9)45-62(67)76-61-39-35-55(75(10,11)51-29-19-14-20-30-51)46-68(61)79(66-41-37-53(73(4,5)6)44-60(66)50-27-17-13-18-28-50)70-48-56(47-69(78)71(70)76)77-63-33-23-21-31-57(63)58-32-22-24-34-64(58)77/h12-48H,1-11H3. The van der Waals surface area contributed by atoms with Gasteiger partial charge < -0.3 is 14.4 Å². The van der Waals surface area contributed by atoms with Crippen molar-refractivity contribution >= 4 is 79.0 Å². The number of anilines is 6. The minimum atomic E-state index is -0.301. The molecule has 0 N–H and O–H groups in total. The highest BCUT2D eigenvalue weighted by Gasteiger charge is 2.46. The predicted molar refractivity (Wildman–Crippen MR) is 340 cm³/mol. The van der Waals surface area contributed by atoms with E-state index in [1.807, 2.05) is 0 Å². The summed E-state index contributed by atoms with van der Waals surface area (Å²) in [6.45, 7) is 25.7. The van der Waals surface area contributed by atoms with Gasteiger partial charge in [0.05, 0.1) is 28.1 Å². The monoisotopic (exact) mass is 1020 g/mol. The fraction of sp³-hybridized carbons (Fsp3) is 0.200. The van der Waals surface area contributed by atoms with Crippen molar-refractivity contribution in [2.75, 3.05) is 9.80 Å². The van der Waals surface area contributed by atoms with Crippen LogP contribution >= 0.6 is 0 Å². The Labute approximate surface area is 468 Å². The second-order valence-electron chi connectivity index (χ2n) is 25.9. The lowest BCUT2D eigenvalue weighted by atomic mass is 9.33. The Morgan fingerprint density at radius 1 is 0.304 bits per heavy atom. The van der Waals surface area contributed by atoms with E-state index in [0.717, 1.165) is 17.1 Å². The molecule has 3 heterocycles. The first-order chi connectivity index (χ1) is 37.9. The number of fused-ring (bicyclic) bond motifs is 7. The molecule has 4 heteroatoms. The molecule has 10 aromatic carbocycles. The molecule has 1 aromatic heterocycles. The van der Waals surface area contributed by atoms with Gasteiger partial charge in [0.25, 0.3) is 6.71 Å². The zero-order chi connectivity index (χ0) is 54.8. The Kier molecular flexibility index (Phi) is 11.7. The Balaban J connectivity index is 1.22. The van der Waals surface area contributed by atoms with E-state index in [-0.39, 0.29) is 28.4 Å². The quantitative estimate of drug-likeness (QED) is 0.147. The number of nitrogens with zero attached hydrogens (tertiary/aromatic N) is 3. The molecule has 388 valence electrons. The molecule has 79 heavy (non-hydrogen) atoms. The maximum Gasteiger partial charge on any atom is 0.252 e. The van der Waals surface area contributed by atoms with E-state index in [1.165, 1.54) is 111 Å². The fourth-order valence-corrected chi connectivity index (χ4v) is 12.8. The van der Waals surface area contributed by atoms with Gasteiger partial charge in [0.15, 0.2) is 0 Å². The van der Waals surface area contributed by atoms with Crippen LogP contribution in [-0.2, 0) is 21.7 Å². The van der Waals surface area contributed by atoms with Gasteiger partial charge in [-0.05, 0) is 132 Å². The molecule has 2 aliphatic heterocycles. The van der Waals surface area contributed by atoms with Crippen LogP contribution in [0, 0.1) is 0 Å². The lowest BCUT2D eigenvalue weighted by molar-refractivity contribution is 0.590. The highest BCUT2D eigenvalue weighted by molar-refractivity contribution is 7.00. The van der Waals surface area contributed by atoms with E-state index in [2.05, 4.69) is 315 Å². The smallest absolute Gasteiger partial charge is 0.252 e. The molecular weight excluding hydrogens is 954 g/mol. The maximum absolute atomic E-state index is 2.67. The third kappa shape index (κ3) is 8.33. The number of rotatable bonds is 7. The average molecular weight is 1020 g/mol. The summed E-state index contributed by atoms with van der Waals surface area (Å²) in [6.07, 6.45) is 0. The summed E-state index contributed by atoms with van der Waals surface area (Å²) in [6, 6.07) is 85.5. The molecule has 0 bridgehead atoms. The molecular formula is C75H70BN3. The van der Waals surface area contributed by atoms with Crippen molar-refractivity contribution in [2.45, 2.75) is 97.8 Å². The molecule has 0 aliphatic carbocycles. The predicted octanol–water partition coefficient (Wildman–Crippen LogP) is 18.4. The van der Waals surface area contributed by atoms with E-state index < -0.39 is 0 Å². The summed E-state index contributed by atoms with van der Waals surface area (Å²) in [5.74, 6) is 0. The van der Waals surface area contributed by atoms with E-state index in [9.17, 15) is 0 Å². The van der Waals surface area contributed by atoms with Crippen LogP contribution < -0.4 is 26.2 Å². The number of benzene rings is 10. The second kappa shape index (κ2) is 18.4. The summed E-state index contributed by atoms with van der Waals surface area (Å²) in [5, 5.41) is 2.48. The Hall–Kier alpha value is -8.34. The van der Waals surface area contributed by atoms with E-state index in [1.54, 1.807) is 0 Å². The Morgan fingerprint density at radius 3 is 1.22 bits per heavy atom. The van der Waals surface area contributed by atoms with E-state index >= 15 is 0 Å². The van der Waals surface area contributed by atoms with Crippen LogP contribution in [0.15, 0.2) is 224 Å². The molecule has 0 saturated carbocycles. The van der Waals surface area contributed by atoms with Crippen LogP contribution in [0.2, 0.25) is 0 Å². The first-order valence-electron chi connectivity index (χ1n) is 28.4. The van der Waals surface area contributed by atoms with Crippen LogP contribution in [0.25, 0.3) is 49.7 Å². The van der Waals surface area contributed by atoms with Gasteiger partial charge in [-0.1, -0.05) is 240 Å². The summed E-state index contributed by atoms with van der Waals surface area (Å²) in [7, 11) is 0. The van der Waals surface area contributed by atoms with Crippen molar-refractivity contribution in [3.63, 3.8) is 0 Å². The lowest BCUT2D eigenvalue weighted by Crippen LogP contribution is -2.61. The highest BCUT2D eigenvalue weighted by Crippen LogP contribution is 2.51. The molecule has 0 fully saturated rings. The van der Waals surface area contributed by atoms with Crippen LogP contribution in [0.5, 0.6) is 0 Å². The number of aromatic nitrogens is 1. The van der Waals surface area contributed by atoms with Crippen LogP contribution in [-0.4, -0.2) is 11.3 Å². The van der Waals surface area contributed by atoms with Gasteiger partial charge in [-0.3, -0.25) is 0 Å².